The fraction of sp³-hybridized carbons (Fsp3) is 0.632. The Hall–Kier alpha value is -1.55. The van der Waals surface area contributed by atoms with Crippen molar-refractivity contribution in [3.63, 3.8) is 0 Å². The lowest BCUT2D eigenvalue weighted by molar-refractivity contribution is -0.121. The van der Waals surface area contributed by atoms with Crippen LogP contribution in [0.15, 0.2) is 24.3 Å². The summed E-state index contributed by atoms with van der Waals surface area (Å²) in [6, 6.07) is 8.34. The number of ether oxygens (including phenoxy) is 1. The fourth-order valence-corrected chi connectivity index (χ4v) is 3.38. The van der Waals surface area contributed by atoms with Crippen molar-refractivity contribution in [2.75, 3.05) is 6.54 Å². The average molecular weight is 316 g/mol. The molecule has 1 atom stereocenters. The fourth-order valence-electron chi connectivity index (χ4n) is 3.38. The van der Waals surface area contributed by atoms with Crippen molar-refractivity contribution in [3.8, 4) is 5.75 Å². The Balaban J connectivity index is 1.46. The number of amides is 1. The molecule has 1 aromatic carbocycles. The van der Waals surface area contributed by atoms with Gasteiger partial charge in [-0.3, -0.25) is 4.79 Å². The van der Waals surface area contributed by atoms with E-state index in [1.54, 1.807) is 0 Å². The smallest absolute Gasteiger partial charge is 0.220 e. The molecule has 126 valence electrons. The maximum absolute atomic E-state index is 12.1. The largest absolute Gasteiger partial charge is 0.490 e. The van der Waals surface area contributed by atoms with Crippen LogP contribution in [-0.2, 0) is 11.2 Å². The van der Waals surface area contributed by atoms with E-state index in [1.165, 1.54) is 25.7 Å². The van der Waals surface area contributed by atoms with Crippen LogP contribution < -0.4 is 15.8 Å². The molecule has 2 saturated carbocycles. The Morgan fingerprint density at radius 3 is 2.74 bits per heavy atom. The molecule has 23 heavy (non-hydrogen) atoms. The first-order valence-electron chi connectivity index (χ1n) is 8.99. The summed E-state index contributed by atoms with van der Waals surface area (Å²) in [5.74, 6) is 1.65. The molecule has 4 heteroatoms. The molecule has 0 radical (unpaired) electrons. The van der Waals surface area contributed by atoms with Gasteiger partial charge < -0.3 is 15.8 Å². The normalized spacial score (nSPS) is 19.5. The topological polar surface area (TPSA) is 64.3 Å². The molecule has 0 aromatic heterocycles. The third-order valence-corrected chi connectivity index (χ3v) is 4.94. The lowest BCUT2D eigenvalue weighted by Gasteiger charge is -2.16. The molecule has 3 rings (SSSR count). The summed E-state index contributed by atoms with van der Waals surface area (Å²) < 4.78 is 6.03. The summed E-state index contributed by atoms with van der Waals surface area (Å²) in [5, 5.41) is 3.08. The SMILES string of the molecule is NCC(NC(=O)CCc1cccc(OC2CCCC2)c1)C1CC1. The van der Waals surface area contributed by atoms with Gasteiger partial charge in [0.1, 0.15) is 5.75 Å². The van der Waals surface area contributed by atoms with Gasteiger partial charge in [0, 0.05) is 19.0 Å². The quantitative estimate of drug-likeness (QED) is 0.775. The highest BCUT2D eigenvalue weighted by molar-refractivity contribution is 5.76. The minimum atomic E-state index is 0.106. The predicted molar refractivity (Wildman–Crippen MR) is 91.4 cm³/mol. The number of nitrogens with one attached hydrogen (secondary N) is 1. The second-order valence-corrected chi connectivity index (χ2v) is 6.92. The molecule has 0 heterocycles. The Labute approximate surface area is 138 Å². The van der Waals surface area contributed by atoms with Gasteiger partial charge in [0.2, 0.25) is 5.91 Å². The summed E-state index contributed by atoms with van der Waals surface area (Å²) in [5.41, 5.74) is 6.89. The van der Waals surface area contributed by atoms with Gasteiger partial charge in [-0.2, -0.15) is 0 Å². The number of benzene rings is 1. The first-order chi connectivity index (χ1) is 11.2. The molecule has 3 N–H and O–H groups in total. The van der Waals surface area contributed by atoms with E-state index in [1.807, 2.05) is 12.1 Å². The second-order valence-electron chi connectivity index (χ2n) is 6.92. The van der Waals surface area contributed by atoms with Gasteiger partial charge in [0.25, 0.3) is 0 Å². The number of aryl methyl sites for hydroxylation is 1. The summed E-state index contributed by atoms with van der Waals surface area (Å²) in [6.45, 7) is 0.543. The zero-order chi connectivity index (χ0) is 16.1. The van der Waals surface area contributed by atoms with Gasteiger partial charge in [-0.05, 0) is 68.6 Å². The maximum Gasteiger partial charge on any atom is 0.220 e. The average Bonchev–Trinajstić information content (AvgIpc) is 3.28. The maximum atomic E-state index is 12.1. The van der Waals surface area contributed by atoms with Gasteiger partial charge in [0.15, 0.2) is 0 Å². The van der Waals surface area contributed by atoms with Gasteiger partial charge in [0.05, 0.1) is 6.10 Å². The molecule has 0 spiro atoms. The number of nitrogens with two attached hydrogens (primary N) is 1. The molecule has 2 aliphatic rings. The zero-order valence-electron chi connectivity index (χ0n) is 13.8. The van der Waals surface area contributed by atoms with Crippen LogP contribution in [0.3, 0.4) is 0 Å². The molecular formula is C19H28N2O2. The van der Waals surface area contributed by atoms with Gasteiger partial charge >= 0.3 is 0 Å². The van der Waals surface area contributed by atoms with E-state index in [9.17, 15) is 4.79 Å². The third kappa shape index (κ3) is 4.96. The predicted octanol–water partition coefficient (Wildman–Crippen LogP) is 2.79. The van der Waals surface area contributed by atoms with Crippen molar-refractivity contribution in [1.29, 1.82) is 0 Å². The summed E-state index contributed by atoms with van der Waals surface area (Å²) >= 11 is 0. The van der Waals surface area contributed by atoms with Crippen molar-refractivity contribution in [3.05, 3.63) is 29.8 Å². The summed E-state index contributed by atoms with van der Waals surface area (Å²) in [4.78, 5) is 12.1. The Bertz CT molecular complexity index is 522. The number of carbonyl (C=O) groups is 1. The number of rotatable bonds is 8. The molecular weight excluding hydrogens is 288 g/mol. The van der Waals surface area contributed by atoms with Crippen LogP contribution in [0.5, 0.6) is 5.75 Å². The van der Waals surface area contributed by atoms with E-state index >= 15 is 0 Å². The standard InChI is InChI=1S/C19H28N2O2/c20-13-18(15-9-10-15)21-19(22)11-8-14-4-3-7-17(12-14)23-16-5-1-2-6-16/h3-4,7,12,15-16,18H,1-2,5-6,8-11,13,20H2,(H,21,22). The Morgan fingerprint density at radius 2 is 2.04 bits per heavy atom. The molecule has 0 bridgehead atoms. The number of hydrogen-bond acceptors (Lipinski definition) is 3. The van der Waals surface area contributed by atoms with Crippen molar-refractivity contribution >= 4 is 5.91 Å². The molecule has 1 aromatic rings. The lowest BCUT2D eigenvalue weighted by Crippen LogP contribution is -2.41. The van der Waals surface area contributed by atoms with Crippen LogP contribution in [0, 0.1) is 5.92 Å². The van der Waals surface area contributed by atoms with E-state index in [0.717, 1.165) is 30.6 Å². The number of carbonyl (C=O) groups excluding carboxylic acids is 1. The molecule has 0 saturated heterocycles. The molecule has 2 aliphatic carbocycles. The Kier molecular flexibility index (Phi) is 5.55. The Morgan fingerprint density at radius 1 is 1.26 bits per heavy atom. The van der Waals surface area contributed by atoms with Crippen molar-refractivity contribution in [2.24, 2.45) is 11.7 Å². The molecule has 1 unspecified atom stereocenters. The highest BCUT2D eigenvalue weighted by Crippen LogP contribution is 2.32. The van der Waals surface area contributed by atoms with E-state index < -0.39 is 0 Å². The van der Waals surface area contributed by atoms with Gasteiger partial charge in [-0.25, -0.2) is 0 Å². The molecule has 0 aliphatic heterocycles. The van der Waals surface area contributed by atoms with Crippen molar-refractivity contribution in [2.45, 2.75) is 63.5 Å². The zero-order valence-corrected chi connectivity index (χ0v) is 13.8. The first kappa shape index (κ1) is 16.3. The summed E-state index contributed by atoms with van der Waals surface area (Å²) in [6.07, 6.45) is 8.89. The van der Waals surface area contributed by atoms with Crippen LogP contribution >= 0.6 is 0 Å². The number of hydrogen-bond donors (Lipinski definition) is 2. The molecule has 2 fully saturated rings. The van der Waals surface area contributed by atoms with Crippen molar-refractivity contribution in [1.82, 2.24) is 5.32 Å². The second kappa shape index (κ2) is 7.82. The van der Waals surface area contributed by atoms with E-state index in [2.05, 4.69) is 17.4 Å². The summed E-state index contributed by atoms with van der Waals surface area (Å²) in [7, 11) is 0. The highest BCUT2D eigenvalue weighted by Gasteiger charge is 2.31. The third-order valence-electron chi connectivity index (χ3n) is 4.94. The van der Waals surface area contributed by atoms with Crippen LogP contribution in [0.2, 0.25) is 0 Å². The highest BCUT2D eigenvalue weighted by atomic mass is 16.5. The first-order valence-corrected chi connectivity index (χ1v) is 8.99. The minimum absolute atomic E-state index is 0.106. The van der Waals surface area contributed by atoms with Crippen LogP contribution in [-0.4, -0.2) is 24.6 Å². The van der Waals surface area contributed by atoms with Crippen LogP contribution in [0.4, 0.5) is 0 Å². The lowest BCUT2D eigenvalue weighted by atomic mass is 10.1. The van der Waals surface area contributed by atoms with Gasteiger partial charge in [-0.1, -0.05) is 12.1 Å². The monoisotopic (exact) mass is 316 g/mol. The van der Waals surface area contributed by atoms with E-state index in [-0.39, 0.29) is 11.9 Å². The molecule has 4 nitrogen and oxygen atoms in total. The van der Waals surface area contributed by atoms with Crippen LogP contribution in [0.25, 0.3) is 0 Å². The molecule has 1 amide bonds. The van der Waals surface area contributed by atoms with E-state index in [0.29, 0.717) is 25.0 Å². The minimum Gasteiger partial charge on any atom is -0.490 e. The van der Waals surface area contributed by atoms with Crippen molar-refractivity contribution < 1.29 is 9.53 Å². The van der Waals surface area contributed by atoms with E-state index in [4.69, 9.17) is 10.5 Å². The van der Waals surface area contributed by atoms with Crippen LogP contribution in [0.1, 0.15) is 50.5 Å². The van der Waals surface area contributed by atoms with Gasteiger partial charge in [-0.15, -0.1) is 0 Å².